The number of hydrogen-bond acceptors (Lipinski definition) is 1. The normalized spacial score (nSPS) is 10.7. The summed E-state index contributed by atoms with van der Waals surface area (Å²) in [6.07, 6.45) is 2.07. The highest BCUT2D eigenvalue weighted by atomic mass is 16.5. The number of aromatic nitrogens is 1. The number of benzene rings is 1. The molecule has 2 heteroatoms. The predicted molar refractivity (Wildman–Crippen MR) is 54.2 cm³/mol. The van der Waals surface area contributed by atoms with Gasteiger partial charge in [-0.05, 0) is 25.1 Å². The lowest BCUT2D eigenvalue weighted by Crippen LogP contribution is -1.91. The Balaban J connectivity index is 2.83. The fourth-order valence-electron chi connectivity index (χ4n) is 1.79. The van der Waals surface area contributed by atoms with Crippen molar-refractivity contribution < 1.29 is 4.74 Å². The molecule has 0 unspecified atom stereocenters. The summed E-state index contributed by atoms with van der Waals surface area (Å²) in [5.41, 5.74) is 2.45. The number of methoxy groups -OCH3 is 1. The molecule has 0 saturated heterocycles. The van der Waals surface area contributed by atoms with Crippen LogP contribution in [0.25, 0.3) is 10.9 Å². The van der Waals surface area contributed by atoms with E-state index in [0.717, 1.165) is 5.75 Å². The van der Waals surface area contributed by atoms with Gasteiger partial charge in [0, 0.05) is 24.2 Å². The molecule has 0 fully saturated rings. The zero-order valence-electron chi connectivity index (χ0n) is 8.16. The maximum Gasteiger partial charge on any atom is 0.123 e. The zero-order chi connectivity index (χ0) is 9.42. The third-order valence-corrected chi connectivity index (χ3v) is 2.46. The molecule has 13 heavy (non-hydrogen) atoms. The van der Waals surface area contributed by atoms with Gasteiger partial charge in [-0.15, -0.1) is 0 Å². The first-order valence-corrected chi connectivity index (χ1v) is 4.32. The van der Waals surface area contributed by atoms with Crippen molar-refractivity contribution >= 4 is 10.9 Å². The molecule has 2 aromatic rings. The third-order valence-electron chi connectivity index (χ3n) is 2.46. The van der Waals surface area contributed by atoms with Gasteiger partial charge in [-0.1, -0.05) is 0 Å². The second-order valence-electron chi connectivity index (χ2n) is 3.26. The predicted octanol–water partition coefficient (Wildman–Crippen LogP) is 2.50. The first-order valence-electron chi connectivity index (χ1n) is 4.32. The van der Waals surface area contributed by atoms with Gasteiger partial charge in [-0.25, -0.2) is 0 Å². The quantitative estimate of drug-likeness (QED) is 0.649. The number of ether oxygens (including phenoxy) is 1. The van der Waals surface area contributed by atoms with E-state index in [2.05, 4.69) is 36.9 Å². The van der Waals surface area contributed by atoms with Crippen LogP contribution in [0, 0.1) is 6.92 Å². The summed E-state index contributed by atoms with van der Waals surface area (Å²) in [6, 6.07) is 6.21. The Morgan fingerprint density at radius 2 is 2.00 bits per heavy atom. The van der Waals surface area contributed by atoms with Crippen LogP contribution >= 0.6 is 0 Å². The number of aryl methyl sites for hydroxylation is 2. The highest BCUT2D eigenvalue weighted by Crippen LogP contribution is 2.26. The number of rotatable bonds is 1. The lowest BCUT2D eigenvalue weighted by Gasteiger charge is -2.06. The second kappa shape index (κ2) is 2.80. The molecule has 0 atom stereocenters. The molecule has 0 saturated carbocycles. The molecule has 0 N–H and O–H groups in total. The molecule has 1 heterocycles. The number of hydrogen-bond donors (Lipinski definition) is 0. The van der Waals surface area contributed by atoms with Gasteiger partial charge in [0.2, 0.25) is 0 Å². The van der Waals surface area contributed by atoms with E-state index >= 15 is 0 Å². The Hall–Kier alpha value is -1.44. The van der Waals surface area contributed by atoms with Crippen molar-refractivity contribution in [3.63, 3.8) is 0 Å². The summed E-state index contributed by atoms with van der Waals surface area (Å²) in [6.45, 7) is 2.08. The minimum absolute atomic E-state index is 0.953. The highest BCUT2D eigenvalue weighted by Gasteiger charge is 2.05. The Labute approximate surface area is 77.7 Å². The molecule has 0 amide bonds. The Morgan fingerprint density at radius 3 is 2.69 bits per heavy atom. The summed E-state index contributed by atoms with van der Waals surface area (Å²) in [7, 11) is 3.76. The molecule has 0 radical (unpaired) electrons. The Morgan fingerprint density at radius 1 is 1.23 bits per heavy atom. The Kier molecular flexibility index (Phi) is 1.76. The van der Waals surface area contributed by atoms with Crippen molar-refractivity contribution in [2.75, 3.05) is 7.11 Å². The standard InChI is InChI=1S/C11H13NO/c1-8-10(13-3)5-4-9-6-7-12(2)11(8)9/h4-7H,1-3H3. The maximum atomic E-state index is 5.26. The van der Waals surface area contributed by atoms with Crippen LogP contribution in [0.15, 0.2) is 24.4 Å². The van der Waals surface area contributed by atoms with Crippen molar-refractivity contribution in [3.05, 3.63) is 30.0 Å². The first-order chi connectivity index (χ1) is 6.24. The molecule has 0 aliphatic rings. The van der Waals surface area contributed by atoms with E-state index in [-0.39, 0.29) is 0 Å². The van der Waals surface area contributed by atoms with Crippen molar-refractivity contribution in [2.45, 2.75) is 6.92 Å². The molecule has 68 valence electrons. The molecule has 0 bridgehead atoms. The van der Waals surface area contributed by atoms with Gasteiger partial charge in [0.15, 0.2) is 0 Å². The molecular formula is C11H13NO. The fourth-order valence-corrected chi connectivity index (χ4v) is 1.79. The van der Waals surface area contributed by atoms with Gasteiger partial charge in [-0.3, -0.25) is 0 Å². The van der Waals surface area contributed by atoms with Crippen LogP contribution in [0.2, 0.25) is 0 Å². The van der Waals surface area contributed by atoms with Crippen LogP contribution in [0.4, 0.5) is 0 Å². The van der Waals surface area contributed by atoms with Crippen molar-refractivity contribution in [3.8, 4) is 5.75 Å². The second-order valence-corrected chi connectivity index (χ2v) is 3.26. The minimum Gasteiger partial charge on any atom is -0.496 e. The van der Waals surface area contributed by atoms with E-state index in [1.165, 1.54) is 16.5 Å². The van der Waals surface area contributed by atoms with Gasteiger partial charge in [0.1, 0.15) is 5.75 Å². The largest absolute Gasteiger partial charge is 0.496 e. The highest BCUT2D eigenvalue weighted by molar-refractivity contribution is 5.85. The third kappa shape index (κ3) is 1.10. The average molecular weight is 175 g/mol. The fraction of sp³-hybridized carbons (Fsp3) is 0.273. The topological polar surface area (TPSA) is 14.2 Å². The molecular weight excluding hydrogens is 162 g/mol. The molecule has 2 nitrogen and oxygen atoms in total. The van der Waals surface area contributed by atoms with Gasteiger partial charge < -0.3 is 9.30 Å². The first kappa shape index (κ1) is 8.17. The van der Waals surface area contributed by atoms with Crippen LogP contribution in [-0.4, -0.2) is 11.7 Å². The molecule has 1 aromatic heterocycles. The van der Waals surface area contributed by atoms with Crippen LogP contribution in [0.5, 0.6) is 5.75 Å². The van der Waals surface area contributed by atoms with E-state index in [4.69, 9.17) is 4.74 Å². The van der Waals surface area contributed by atoms with E-state index in [1.54, 1.807) is 7.11 Å². The van der Waals surface area contributed by atoms with Crippen LogP contribution in [0.1, 0.15) is 5.56 Å². The van der Waals surface area contributed by atoms with Gasteiger partial charge in [-0.2, -0.15) is 0 Å². The summed E-state index contributed by atoms with van der Waals surface area (Å²) >= 11 is 0. The molecule has 0 aliphatic carbocycles. The molecule has 0 spiro atoms. The van der Waals surface area contributed by atoms with E-state index in [0.29, 0.717) is 0 Å². The number of nitrogens with zero attached hydrogens (tertiary/aromatic N) is 1. The lowest BCUT2D eigenvalue weighted by molar-refractivity contribution is 0.412. The maximum absolute atomic E-state index is 5.26. The monoisotopic (exact) mass is 175 g/mol. The molecule has 2 rings (SSSR count). The molecule has 0 aliphatic heterocycles. The SMILES string of the molecule is COc1ccc2ccn(C)c2c1C. The number of fused-ring (bicyclic) bond motifs is 1. The smallest absolute Gasteiger partial charge is 0.123 e. The van der Waals surface area contributed by atoms with Crippen LogP contribution < -0.4 is 4.74 Å². The average Bonchev–Trinajstić information content (AvgIpc) is 2.49. The zero-order valence-corrected chi connectivity index (χ0v) is 8.16. The summed E-state index contributed by atoms with van der Waals surface area (Å²) in [5.74, 6) is 0.953. The van der Waals surface area contributed by atoms with E-state index < -0.39 is 0 Å². The van der Waals surface area contributed by atoms with Crippen LogP contribution in [-0.2, 0) is 7.05 Å². The minimum atomic E-state index is 0.953. The Bertz CT molecular complexity index is 443. The van der Waals surface area contributed by atoms with Crippen molar-refractivity contribution in [1.82, 2.24) is 4.57 Å². The van der Waals surface area contributed by atoms with Crippen molar-refractivity contribution in [2.24, 2.45) is 7.05 Å². The molecule has 1 aromatic carbocycles. The van der Waals surface area contributed by atoms with E-state index in [9.17, 15) is 0 Å². The van der Waals surface area contributed by atoms with Gasteiger partial charge in [0.05, 0.1) is 12.6 Å². The van der Waals surface area contributed by atoms with Gasteiger partial charge in [0.25, 0.3) is 0 Å². The summed E-state index contributed by atoms with van der Waals surface area (Å²) < 4.78 is 7.38. The van der Waals surface area contributed by atoms with Crippen LogP contribution in [0.3, 0.4) is 0 Å². The summed E-state index contributed by atoms with van der Waals surface area (Å²) in [4.78, 5) is 0. The van der Waals surface area contributed by atoms with E-state index in [1.807, 2.05) is 6.07 Å². The lowest BCUT2D eigenvalue weighted by atomic mass is 10.1. The van der Waals surface area contributed by atoms with Gasteiger partial charge >= 0.3 is 0 Å². The summed E-state index contributed by atoms with van der Waals surface area (Å²) in [5, 5.41) is 1.26. The van der Waals surface area contributed by atoms with Crippen molar-refractivity contribution in [1.29, 1.82) is 0 Å².